The minimum atomic E-state index is -3.32. The Morgan fingerprint density at radius 2 is 1.85 bits per heavy atom. The molecule has 0 aliphatic rings. The molecule has 0 aliphatic heterocycles. The minimum absolute atomic E-state index is 0.0227. The standard InChI is InChI=1S/C7H17NO4S/c1-2-8(4-3-5-9)13(11,12)7-6-10/h9-10H,2-7H2,1H3. The summed E-state index contributed by atoms with van der Waals surface area (Å²) in [7, 11) is -3.32. The molecule has 0 radical (unpaired) electrons. The molecule has 5 nitrogen and oxygen atoms in total. The fraction of sp³-hybridized carbons (Fsp3) is 1.00. The third kappa shape index (κ3) is 4.56. The smallest absolute Gasteiger partial charge is 0.216 e. The van der Waals surface area contributed by atoms with Crippen LogP contribution in [0.4, 0.5) is 0 Å². The fourth-order valence-corrected chi connectivity index (χ4v) is 2.28. The molecule has 0 saturated heterocycles. The van der Waals surface area contributed by atoms with Crippen LogP contribution in [0, 0.1) is 0 Å². The Kier molecular flexibility index (Phi) is 6.23. The van der Waals surface area contributed by atoms with Gasteiger partial charge in [0.25, 0.3) is 0 Å². The van der Waals surface area contributed by atoms with Crippen LogP contribution in [0.2, 0.25) is 0 Å². The van der Waals surface area contributed by atoms with E-state index in [-0.39, 0.29) is 19.0 Å². The molecule has 6 heteroatoms. The van der Waals surface area contributed by atoms with Crippen LogP contribution in [0.15, 0.2) is 0 Å². The SMILES string of the molecule is CCN(CCCO)S(=O)(=O)CCO. The summed E-state index contributed by atoms with van der Waals surface area (Å²) < 4.78 is 24.0. The summed E-state index contributed by atoms with van der Waals surface area (Å²) in [6.07, 6.45) is 0.429. The van der Waals surface area contributed by atoms with E-state index >= 15 is 0 Å². The molecule has 13 heavy (non-hydrogen) atoms. The third-order valence-corrected chi connectivity index (χ3v) is 3.59. The van der Waals surface area contributed by atoms with Crippen molar-refractivity contribution in [2.45, 2.75) is 13.3 Å². The van der Waals surface area contributed by atoms with Gasteiger partial charge < -0.3 is 10.2 Å². The van der Waals surface area contributed by atoms with E-state index in [1.807, 2.05) is 0 Å². The highest BCUT2D eigenvalue weighted by Crippen LogP contribution is 2.01. The van der Waals surface area contributed by atoms with Gasteiger partial charge >= 0.3 is 0 Å². The molecule has 0 saturated carbocycles. The van der Waals surface area contributed by atoms with Gasteiger partial charge in [-0.25, -0.2) is 12.7 Å². The number of hydrogen-bond acceptors (Lipinski definition) is 4. The first kappa shape index (κ1) is 12.8. The van der Waals surface area contributed by atoms with Crippen LogP contribution in [0.25, 0.3) is 0 Å². The Bertz CT molecular complexity index is 215. The van der Waals surface area contributed by atoms with E-state index in [9.17, 15) is 8.42 Å². The van der Waals surface area contributed by atoms with Crippen LogP contribution in [-0.4, -0.2) is 55.0 Å². The largest absolute Gasteiger partial charge is 0.396 e. The number of rotatable bonds is 7. The van der Waals surface area contributed by atoms with E-state index in [1.54, 1.807) is 6.92 Å². The van der Waals surface area contributed by atoms with Gasteiger partial charge in [0.15, 0.2) is 0 Å². The summed E-state index contributed by atoms with van der Waals surface area (Å²) in [4.78, 5) is 0. The second-order valence-electron chi connectivity index (χ2n) is 2.61. The highest BCUT2D eigenvalue weighted by atomic mass is 32.2. The maximum absolute atomic E-state index is 11.4. The lowest BCUT2D eigenvalue weighted by Crippen LogP contribution is -2.35. The highest BCUT2D eigenvalue weighted by molar-refractivity contribution is 7.89. The van der Waals surface area contributed by atoms with Gasteiger partial charge in [0, 0.05) is 19.7 Å². The first-order valence-corrected chi connectivity index (χ1v) is 5.89. The molecule has 0 unspecified atom stereocenters. The summed E-state index contributed by atoms with van der Waals surface area (Å²) in [5.74, 6) is -0.244. The van der Waals surface area contributed by atoms with Crippen LogP contribution in [0.1, 0.15) is 13.3 Å². The summed E-state index contributed by atoms with van der Waals surface area (Å²) >= 11 is 0. The van der Waals surface area contributed by atoms with Gasteiger partial charge in [-0.15, -0.1) is 0 Å². The van der Waals surface area contributed by atoms with E-state index in [0.29, 0.717) is 19.5 Å². The van der Waals surface area contributed by atoms with E-state index in [0.717, 1.165) is 0 Å². The van der Waals surface area contributed by atoms with Crippen molar-refractivity contribution in [3.8, 4) is 0 Å². The summed E-state index contributed by atoms with van der Waals surface area (Å²) in [5.41, 5.74) is 0. The molecule has 0 fully saturated rings. The Morgan fingerprint density at radius 1 is 1.23 bits per heavy atom. The zero-order chi connectivity index (χ0) is 10.3. The molecular formula is C7H17NO4S. The van der Waals surface area contributed by atoms with Crippen molar-refractivity contribution in [1.82, 2.24) is 4.31 Å². The molecule has 0 atom stereocenters. The van der Waals surface area contributed by atoms with Crippen molar-refractivity contribution in [1.29, 1.82) is 0 Å². The van der Waals surface area contributed by atoms with Gasteiger partial charge in [-0.1, -0.05) is 6.92 Å². The predicted octanol–water partition coefficient (Wildman–Crippen LogP) is -0.987. The van der Waals surface area contributed by atoms with Crippen LogP contribution >= 0.6 is 0 Å². The van der Waals surface area contributed by atoms with Gasteiger partial charge in [0.2, 0.25) is 10.0 Å². The van der Waals surface area contributed by atoms with Crippen molar-refractivity contribution in [2.24, 2.45) is 0 Å². The normalized spacial score (nSPS) is 12.3. The van der Waals surface area contributed by atoms with Gasteiger partial charge in [-0.3, -0.25) is 0 Å². The zero-order valence-electron chi connectivity index (χ0n) is 7.81. The molecule has 0 amide bonds. The molecule has 2 N–H and O–H groups in total. The first-order chi connectivity index (χ1) is 6.08. The molecule has 0 aromatic carbocycles. The Hall–Kier alpha value is -0.170. The van der Waals surface area contributed by atoms with E-state index in [1.165, 1.54) is 4.31 Å². The number of aliphatic hydroxyl groups is 2. The van der Waals surface area contributed by atoms with Crippen LogP contribution < -0.4 is 0 Å². The lowest BCUT2D eigenvalue weighted by atomic mass is 10.4. The summed E-state index contributed by atoms with van der Waals surface area (Å²) in [5, 5.41) is 17.1. The maximum atomic E-state index is 11.4. The second kappa shape index (κ2) is 6.31. The minimum Gasteiger partial charge on any atom is -0.396 e. The molecule has 0 spiro atoms. The highest BCUT2D eigenvalue weighted by Gasteiger charge is 2.18. The van der Waals surface area contributed by atoms with E-state index in [4.69, 9.17) is 10.2 Å². The van der Waals surface area contributed by atoms with Crippen LogP contribution in [0.3, 0.4) is 0 Å². The fourth-order valence-electron chi connectivity index (χ4n) is 0.985. The van der Waals surface area contributed by atoms with E-state index in [2.05, 4.69) is 0 Å². The lowest BCUT2D eigenvalue weighted by molar-refractivity contribution is 0.269. The Labute approximate surface area is 79.0 Å². The average molecular weight is 211 g/mol. The molecule has 0 rings (SSSR count). The number of aliphatic hydroxyl groups excluding tert-OH is 2. The Morgan fingerprint density at radius 3 is 2.23 bits per heavy atom. The zero-order valence-corrected chi connectivity index (χ0v) is 8.63. The monoisotopic (exact) mass is 211 g/mol. The quantitative estimate of drug-likeness (QED) is 0.567. The van der Waals surface area contributed by atoms with Crippen molar-refractivity contribution in [2.75, 3.05) is 32.1 Å². The van der Waals surface area contributed by atoms with Crippen molar-refractivity contribution >= 4 is 10.0 Å². The maximum Gasteiger partial charge on any atom is 0.216 e. The van der Waals surface area contributed by atoms with Crippen LogP contribution in [-0.2, 0) is 10.0 Å². The van der Waals surface area contributed by atoms with Gasteiger partial charge in [0.05, 0.1) is 12.4 Å². The van der Waals surface area contributed by atoms with Crippen molar-refractivity contribution in [3.63, 3.8) is 0 Å². The average Bonchev–Trinajstić information content (AvgIpc) is 2.05. The first-order valence-electron chi connectivity index (χ1n) is 4.28. The second-order valence-corrected chi connectivity index (χ2v) is 4.70. The van der Waals surface area contributed by atoms with Gasteiger partial charge in [-0.2, -0.15) is 0 Å². The summed E-state index contributed by atoms with van der Waals surface area (Å²) in [6, 6.07) is 0. The van der Waals surface area contributed by atoms with Gasteiger partial charge in [-0.05, 0) is 6.42 Å². The molecule has 0 bridgehead atoms. The molecule has 80 valence electrons. The Balaban J connectivity index is 4.20. The van der Waals surface area contributed by atoms with Gasteiger partial charge in [0.1, 0.15) is 0 Å². The molecule has 0 aliphatic carbocycles. The molecular weight excluding hydrogens is 194 g/mol. The van der Waals surface area contributed by atoms with Crippen LogP contribution in [0.5, 0.6) is 0 Å². The topological polar surface area (TPSA) is 77.8 Å². The number of nitrogens with zero attached hydrogens (tertiary/aromatic N) is 1. The lowest BCUT2D eigenvalue weighted by Gasteiger charge is -2.19. The van der Waals surface area contributed by atoms with Crippen molar-refractivity contribution in [3.05, 3.63) is 0 Å². The summed E-state index contributed by atoms with van der Waals surface area (Å²) in [6.45, 7) is 2.03. The predicted molar refractivity (Wildman–Crippen MR) is 49.8 cm³/mol. The van der Waals surface area contributed by atoms with Crippen molar-refractivity contribution < 1.29 is 18.6 Å². The number of sulfonamides is 1. The number of hydrogen-bond donors (Lipinski definition) is 2. The molecule has 0 aromatic heterocycles. The molecule has 0 aromatic rings. The molecule has 0 heterocycles. The third-order valence-electron chi connectivity index (χ3n) is 1.66. The van der Waals surface area contributed by atoms with E-state index < -0.39 is 10.0 Å².